The van der Waals surface area contributed by atoms with Crippen LogP contribution in [0.25, 0.3) is 0 Å². The molecular weight excluding hydrogens is 316 g/mol. The third-order valence-corrected chi connectivity index (χ3v) is 4.14. The summed E-state index contributed by atoms with van der Waals surface area (Å²) in [6, 6.07) is 13.7. The van der Waals surface area contributed by atoms with Gasteiger partial charge in [0.25, 0.3) is 0 Å². The molecule has 25 heavy (non-hydrogen) atoms. The normalized spacial score (nSPS) is 17.0. The van der Waals surface area contributed by atoms with Crippen molar-refractivity contribution < 1.29 is 9.47 Å². The van der Waals surface area contributed by atoms with E-state index in [0.29, 0.717) is 24.5 Å². The molecule has 0 aliphatic carbocycles. The summed E-state index contributed by atoms with van der Waals surface area (Å²) in [6.45, 7) is 4.91. The predicted molar refractivity (Wildman–Crippen MR) is 96.9 cm³/mol. The first kappa shape index (κ1) is 17.1. The summed E-state index contributed by atoms with van der Waals surface area (Å²) >= 11 is 0. The molecule has 3 rings (SSSR count). The highest BCUT2D eigenvalue weighted by atomic mass is 16.5. The van der Waals surface area contributed by atoms with Gasteiger partial charge in [0.2, 0.25) is 0 Å². The fourth-order valence-corrected chi connectivity index (χ4v) is 2.80. The lowest BCUT2D eigenvalue weighted by molar-refractivity contribution is 0.0529. The number of pyridine rings is 1. The molecule has 1 fully saturated rings. The quantitative estimate of drug-likeness (QED) is 0.904. The Labute approximate surface area is 148 Å². The van der Waals surface area contributed by atoms with Crippen molar-refractivity contribution in [3.63, 3.8) is 0 Å². The summed E-state index contributed by atoms with van der Waals surface area (Å²) in [5.41, 5.74) is 1.72. The summed E-state index contributed by atoms with van der Waals surface area (Å²) < 4.78 is 10.7. The van der Waals surface area contributed by atoms with Crippen molar-refractivity contribution in [3.8, 4) is 11.8 Å². The molecule has 0 spiro atoms. The van der Waals surface area contributed by atoms with Gasteiger partial charge in [-0.3, -0.25) is 0 Å². The van der Waals surface area contributed by atoms with Crippen LogP contribution in [0.4, 0.5) is 11.6 Å². The van der Waals surface area contributed by atoms with Crippen LogP contribution >= 0.6 is 0 Å². The van der Waals surface area contributed by atoms with Crippen molar-refractivity contribution in [3.05, 3.63) is 47.5 Å². The molecule has 0 radical (unpaired) electrons. The molecule has 1 saturated heterocycles. The van der Waals surface area contributed by atoms with Crippen molar-refractivity contribution in [1.29, 1.82) is 5.26 Å². The van der Waals surface area contributed by atoms with Gasteiger partial charge < -0.3 is 19.7 Å². The molecule has 0 amide bonds. The number of hydrogen-bond donors (Lipinski definition) is 1. The van der Waals surface area contributed by atoms with Crippen LogP contribution in [-0.4, -0.2) is 37.9 Å². The molecule has 0 unspecified atom stereocenters. The number of hydrogen-bond acceptors (Lipinski definition) is 6. The first-order valence-electron chi connectivity index (χ1n) is 8.33. The van der Waals surface area contributed by atoms with Crippen molar-refractivity contribution in [2.75, 3.05) is 37.0 Å². The molecule has 1 atom stereocenters. The lowest BCUT2D eigenvalue weighted by Gasteiger charge is -2.32. The van der Waals surface area contributed by atoms with Gasteiger partial charge in [0, 0.05) is 19.6 Å². The fraction of sp³-hybridized carbons (Fsp3) is 0.368. The molecule has 2 heterocycles. The lowest BCUT2D eigenvalue weighted by atomic mass is 10.2. The molecule has 1 aromatic carbocycles. The van der Waals surface area contributed by atoms with E-state index in [1.54, 1.807) is 13.2 Å². The molecule has 6 nitrogen and oxygen atoms in total. The third kappa shape index (κ3) is 4.40. The number of benzene rings is 1. The van der Waals surface area contributed by atoms with Gasteiger partial charge in [0.1, 0.15) is 17.4 Å². The minimum atomic E-state index is 0.164. The average Bonchev–Trinajstić information content (AvgIpc) is 2.66. The number of ether oxygens (including phenoxy) is 2. The second kappa shape index (κ2) is 7.86. The van der Waals surface area contributed by atoms with Gasteiger partial charge in [-0.1, -0.05) is 12.1 Å². The second-order valence-electron chi connectivity index (χ2n) is 6.04. The second-order valence-corrected chi connectivity index (χ2v) is 6.04. The Morgan fingerprint density at radius 1 is 1.36 bits per heavy atom. The zero-order chi connectivity index (χ0) is 17.6. The fourth-order valence-electron chi connectivity index (χ4n) is 2.80. The van der Waals surface area contributed by atoms with E-state index in [0.717, 1.165) is 30.2 Å². The van der Waals surface area contributed by atoms with Crippen LogP contribution in [0.2, 0.25) is 0 Å². The third-order valence-electron chi connectivity index (χ3n) is 4.14. The Hall–Kier alpha value is -2.78. The largest absolute Gasteiger partial charge is 0.497 e. The number of methoxy groups -OCH3 is 1. The highest BCUT2D eigenvalue weighted by Gasteiger charge is 2.19. The maximum Gasteiger partial charge on any atom is 0.132 e. The Bertz CT molecular complexity index is 755. The first-order valence-corrected chi connectivity index (χ1v) is 8.33. The molecule has 1 N–H and O–H groups in total. The van der Waals surface area contributed by atoms with E-state index in [1.165, 1.54) is 0 Å². The molecule has 1 aromatic heterocycles. The number of aromatic nitrogens is 1. The van der Waals surface area contributed by atoms with Gasteiger partial charge in [-0.05, 0) is 36.8 Å². The Morgan fingerprint density at radius 2 is 2.16 bits per heavy atom. The van der Waals surface area contributed by atoms with Crippen LogP contribution in [0.1, 0.15) is 18.1 Å². The summed E-state index contributed by atoms with van der Waals surface area (Å²) in [5.74, 6) is 2.34. The van der Waals surface area contributed by atoms with E-state index in [9.17, 15) is 5.26 Å². The molecule has 1 aliphatic rings. The summed E-state index contributed by atoms with van der Waals surface area (Å²) in [6.07, 6.45) is 0.164. The Kier molecular flexibility index (Phi) is 5.36. The molecule has 1 aliphatic heterocycles. The smallest absolute Gasteiger partial charge is 0.132 e. The molecule has 6 heteroatoms. The van der Waals surface area contributed by atoms with E-state index in [4.69, 9.17) is 9.47 Å². The Balaban J connectivity index is 1.74. The monoisotopic (exact) mass is 338 g/mol. The number of morpholine rings is 1. The number of nitriles is 1. The van der Waals surface area contributed by atoms with Crippen molar-refractivity contribution in [2.45, 2.75) is 19.6 Å². The van der Waals surface area contributed by atoms with Gasteiger partial charge in [-0.25, -0.2) is 4.98 Å². The van der Waals surface area contributed by atoms with Gasteiger partial charge in [0.05, 0.1) is 31.5 Å². The van der Waals surface area contributed by atoms with E-state index >= 15 is 0 Å². The van der Waals surface area contributed by atoms with E-state index in [1.807, 2.05) is 37.3 Å². The SMILES string of the molecule is COc1ccc(CNc2cc(C#N)cc(N3CCO[C@H](C)C3)n2)cc1. The maximum absolute atomic E-state index is 9.32. The van der Waals surface area contributed by atoms with Gasteiger partial charge in [-0.15, -0.1) is 0 Å². The average molecular weight is 338 g/mol. The lowest BCUT2D eigenvalue weighted by Crippen LogP contribution is -2.41. The summed E-state index contributed by atoms with van der Waals surface area (Å²) in [7, 11) is 1.65. The number of rotatable bonds is 5. The van der Waals surface area contributed by atoms with Crippen LogP contribution in [0.15, 0.2) is 36.4 Å². The Morgan fingerprint density at radius 3 is 2.84 bits per heavy atom. The van der Waals surface area contributed by atoms with E-state index in [-0.39, 0.29) is 6.10 Å². The van der Waals surface area contributed by atoms with Crippen LogP contribution in [-0.2, 0) is 11.3 Å². The summed E-state index contributed by atoms with van der Waals surface area (Å²) in [4.78, 5) is 6.83. The number of anilines is 2. The minimum absolute atomic E-state index is 0.164. The van der Waals surface area contributed by atoms with Gasteiger partial charge in [-0.2, -0.15) is 5.26 Å². The highest BCUT2D eigenvalue weighted by molar-refractivity contribution is 5.54. The zero-order valence-corrected chi connectivity index (χ0v) is 14.5. The molecule has 0 saturated carbocycles. The van der Waals surface area contributed by atoms with Gasteiger partial charge in [0.15, 0.2) is 0 Å². The minimum Gasteiger partial charge on any atom is -0.497 e. The standard InChI is InChI=1S/C19H22N4O2/c1-14-13-23(7-8-25-14)19-10-16(11-20)9-18(22-19)21-12-15-3-5-17(24-2)6-4-15/h3-6,9-10,14H,7-8,12-13H2,1-2H3,(H,21,22)/t14-/m1/s1. The van der Waals surface area contributed by atoms with Crippen LogP contribution in [0.5, 0.6) is 5.75 Å². The predicted octanol–water partition coefficient (Wildman–Crippen LogP) is 2.80. The molecule has 2 aromatic rings. The highest BCUT2D eigenvalue weighted by Crippen LogP contribution is 2.21. The van der Waals surface area contributed by atoms with Crippen LogP contribution in [0, 0.1) is 11.3 Å². The van der Waals surface area contributed by atoms with Crippen molar-refractivity contribution in [1.82, 2.24) is 4.98 Å². The van der Waals surface area contributed by atoms with Crippen molar-refractivity contribution in [2.24, 2.45) is 0 Å². The number of nitrogens with one attached hydrogen (secondary N) is 1. The van der Waals surface area contributed by atoms with Crippen LogP contribution in [0.3, 0.4) is 0 Å². The first-order chi connectivity index (χ1) is 12.2. The summed E-state index contributed by atoms with van der Waals surface area (Å²) in [5, 5.41) is 12.6. The molecule has 0 bridgehead atoms. The molecule has 130 valence electrons. The number of nitrogens with zero attached hydrogens (tertiary/aromatic N) is 3. The van der Waals surface area contributed by atoms with E-state index in [2.05, 4.69) is 21.3 Å². The maximum atomic E-state index is 9.32. The van der Waals surface area contributed by atoms with E-state index < -0.39 is 0 Å². The molecular formula is C19H22N4O2. The van der Waals surface area contributed by atoms with Crippen molar-refractivity contribution >= 4 is 11.6 Å². The topological polar surface area (TPSA) is 70.4 Å². The van der Waals surface area contributed by atoms with Gasteiger partial charge >= 0.3 is 0 Å². The van der Waals surface area contributed by atoms with Crippen LogP contribution < -0.4 is 15.0 Å². The zero-order valence-electron chi connectivity index (χ0n) is 14.5.